The number of ether oxygens (including phenoxy) is 1. The third-order valence-electron chi connectivity index (χ3n) is 5.15. The molecule has 1 aliphatic rings. The maximum atomic E-state index is 12.0. The van der Waals surface area contributed by atoms with E-state index in [1.54, 1.807) is 20.2 Å². The lowest BCUT2D eigenvalue weighted by molar-refractivity contribution is -0.133. The molecule has 0 aliphatic carbocycles. The molecule has 0 radical (unpaired) electrons. The van der Waals surface area contributed by atoms with Gasteiger partial charge >= 0.3 is 0 Å². The minimum atomic E-state index is -0.128. The number of nitrogens with zero attached hydrogens (tertiary/aromatic N) is 3. The fourth-order valence-corrected chi connectivity index (χ4v) is 3.23. The first kappa shape index (κ1) is 20.0. The van der Waals surface area contributed by atoms with Crippen LogP contribution >= 0.6 is 0 Å². The van der Waals surface area contributed by atoms with Gasteiger partial charge in [-0.3, -0.25) is 9.59 Å². The van der Waals surface area contributed by atoms with E-state index in [2.05, 4.69) is 20.3 Å². The highest BCUT2D eigenvalue weighted by Gasteiger charge is 2.22. The zero-order valence-corrected chi connectivity index (χ0v) is 16.6. The summed E-state index contributed by atoms with van der Waals surface area (Å²) in [5.74, 6) is 1.45. The summed E-state index contributed by atoms with van der Waals surface area (Å²) in [6.07, 6.45) is 3.91. The number of H-pyrrole nitrogens is 1. The molecule has 0 saturated carbocycles. The van der Waals surface area contributed by atoms with Gasteiger partial charge in [-0.25, -0.2) is 9.97 Å². The van der Waals surface area contributed by atoms with Gasteiger partial charge in [0.1, 0.15) is 11.6 Å². The second-order valence-electron chi connectivity index (χ2n) is 7.10. The van der Waals surface area contributed by atoms with Crippen molar-refractivity contribution >= 4 is 11.7 Å². The molecule has 3 heterocycles. The van der Waals surface area contributed by atoms with Crippen molar-refractivity contribution in [1.29, 1.82) is 0 Å². The van der Waals surface area contributed by atoms with Crippen molar-refractivity contribution in [3.8, 4) is 11.4 Å². The van der Waals surface area contributed by atoms with Gasteiger partial charge in [-0.15, -0.1) is 0 Å². The Labute approximate surface area is 164 Å². The molecule has 3 rings (SSSR count). The lowest BCUT2D eigenvalue weighted by Gasteiger charge is -2.32. The molecule has 1 saturated heterocycles. The predicted molar refractivity (Wildman–Crippen MR) is 107 cm³/mol. The topological polar surface area (TPSA) is 100 Å². The highest BCUT2D eigenvalue weighted by molar-refractivity contribution is 5.76. The van der Waals surface area contributed by atoms with E-state index in [-0.39, 0.29) is 17.5 Å². The van der Waals surface area contributed by atoms with Crippen LogP contribution in [0.4, 0.5) is 5.82 Å². The summed E-state index contributed by atoms with van der Waals surface area (Å²) in [5.41, 5.74) is 1.98. The molecule has 0 spiro atoms. The number of carbonyl (C=O) groups is 1. The van der Waals surface area contributed by atoms with E-state index >= 15 is 0 Å². The van der Waals surface area contributed by atoms with E-state index in [9.17, 15) is 9.59 Å². The fourth-order valence-electron chi connectivity index (χ4n) is 3.23. The number of nitrogens with one attached hydrogen (secondary N) is 2. The number of hydrogen-bond acceptors (Lipinski definition) is 6. The Morgan fingerprint density at radius 1 is 1.32 bits per heavy atom. The van der Waals surface area contributed by atoms with Gasteiger partial charge in [-0.2, -0.15) is 0 Å². The zero-order valence-electron chi connectivity index (χ0n) is 16.6. The first-order valence-electron chi connectivity index (χ1n) is 9.55. The van der Waals surface area contributed by atoms with E-state index in [1.807, 2.05) is 24.0 Å². The van der Waals surface area contributed by atoms with Crippen LogP contribution in [0.25, 0.3) is 11.4 Å². The number of likely N-dealkylation sites (tertiary alicyclic amines) is 1. The second kappa shape index (κ2) is 8.97. The monoisotopic (exact) mass is 385 g/mol. The molecule has 0 atom stereocenters. The molecule has 150 valence electrons. The predicted octanol–water partition coefficient (Wildman–Crippen LogP) is 1.89. The SMILES string of the molecule is COCCC(=O)N1CCC(Nc2ccc(-c3nc(C)c(C)c(=O)[nH]3)cn2)CC1. The molecule has 2 N–H and O–H groups in total. The van der Waals surface area contributed by atoms with Gasteiger partial charge in [-0.1, -0.05) is 0 Å². The smallest absolute Gasteiger partial charge is 0.254 e. The Kier molecular flexibility index (Phi) is 6.41. The highest BCUT2D eigenvalue weighted by atomic mass is 16.5. The summed E-state index contributed by atoms with van der Waals surface area (Å²) in [6.45, 7) is 5.53. The largest absolute Gasteiger partial charge is 0.384 e. The van der Waals surface area contributed by atoms with Crippen LogP contribution in [-0.2, 0) is 9.53 Å². The van der Waals surface area contributed by atoms with Gasteiger partial charge in [0.2, 0.25) is 5.91 Å². The van der Waals surface area contributed by atoms with Gasteiger partial charge < -0.3 is 19.9 Å². The first-order chi connectivity index (χ1) is 13.5. The van der Waals surface area contributed by atoms with Gasteiger partial charge in [0.15, 0.2) is 0 Å². The molecule has 1 amide bonds. The van der Waals surface area contributed by atoms with Crippen LogP contribution in [0.1, 0.15) is 30.5 Å². The van der Waals surface area contributed by atoms with E-state index in [4.69, 9.17) is 4.74 Å². The van der Waals surface area contributed by atoms with Crippen LogP contribution in [0, 0.1) is 13.8 Å². The average molecular weight is 385 g/mol. The maximum Gasteiger partial charge on any atom is 0.254 e. The Hall–Kier alpha value is -2.74. The molecule has 0 aromatic carbocycles. The third kappa shape index (κ3) is 4.75. The van der Waals surface area contributed by atoms with E-state index in [0.717, 1.165) is 37.3 Å². The number of carbonyl (C=O) groups excluding carboxylic acids is 1. The maximum absolute atomic E-state index is 12.0. The molecule has 0 unspecified atom stereocenters. The standard InChI is InChI=1S/C20H27N5O3/c1-13-14(2)22-19(24-20(13)27)15-4-5-17(21-12-15)23-16-6-9-25(10-7-16)18(26)8-11-28-3/h4-5,12,16H,6-11H2,1-3H3,(H,21,23)(H,22,24,27). The zero-order chi connectivity index (χ0) is 20.1. The average Bonchev–Trinajstić information content (AvgIpc) is 2.71. The van der Waals surface area contributed by atoms with Crippen molar-refractivity contribution < 1.29 is 9.53 Å². The van der Waals surface area contributed by atoms with E-state index in [0.29, 0.717) is 30.1 Å². The third-order valence-corrected chi connectivity index (χ3v) is 5.15. The summed E-state index contributed by atoms with van der Waals surface area (Å²) in [7, 11) is 1.61. The number of pyridine rings is 1. The van der Waals surface area contributed by atoms with E-state index in [1.165, 1.54) is 0 Å². The number of aryl methyl sites for hydroxylation is 1. The van der Waals surface area contributed by atoms with Crippen LogP contribution in [0.15, 0.2) is 23.1 Å². The van der Waals surface area contributed by atoms with Gasteiger partial charge in [0, 0.05) is 49.3 Å². The number of methoxy groups -OCH3 is 1. The van der Waals surface area contributed by atoms with Crippen LogP contribution in [0.5, 0.6) is 0 Å². The van der Waals surface area contributed by atoms with Crippen molar-refractivity contribution in [1.82, 2.24) is 19.9 Å². The summed E-state index contributed by atoms with van der Waals surface area (Å²) in [6, 6.07) is 4.07. The Morgan fingerprint density at radius 2 is 2.07 bits per heavy atom. The molecule has 8 nitrogen and oxygen atoms in total. The first-order valence-corrected chi connectivity index (χ1v) is 9.55. The molecule has 1 fully saturated rings. The lowest BCUT2D eigenvalue weighted by atomic mass is 10.0. The number of piperidine rings is 1. The number of rotatable bonds is 6. The lowest BCUT2D eigenvalue weighted by Crippen LogP contribution is -2.42. The summed E-state index contributed by atoms with van der Waals surface area (Å²) < 4.78 is 4.97. The Bertz CT molecular complexity index is 870. The number of hydrogen-bond donors (Lipinski definition) is 2. The van der Waals surface area contributed by atoms with Crippen molar-refractivity contribution in [3.63, 3.8) is 0 Å². The molecule has 28 heavy (non-hydrogen) atoms. The quantitative estimate of drug-likeness (QED) is 0.788. The van der Waals surface area contributed by atoms with Crippen molar-refractivity contribution in [2.24, 2.45) is 0 Å². The molecule has 2 aromatic rings. The molecular formula is C20H27N5O3. The van der Waals surface area contributed by atoms with Gasteiger partial charge in [0.05, 0.1) is 13.0 Å². The number of aromatic amines is 1. The Balaban J connectivity index is 1.57. The second-order valence-corrected chi connectivity index (χ2v) is 7.10. The molecular weight excluding hydrogens is 358 g/mol. The summed E-state index contributed by atoms with van der Waals surface area (Å²) in [5, 5.41) is 3.43. The Morgan fingerprint density at radius 3 is 2.68 bits per heavy atom. The highest BCUT2D eigenvalue weighted by Crippen LogP contribution is 2.19. The van der Waals surface area contributed by atoms with Crippen molar-refractivity contribution in [3.05, 3.63) is 39.9 Å². The minimum absolute atomic E-state index is 0.128. The number of anilines is 1. The van der Waals surface area contributed by atoms with Gasteiger partial charge in [-0.05, 0) is 38.8 Å². The summed E-state index contributed by atoms with van der Waals surface area (Å²) >= 11 is 0. The van der Waals surface area contributed by atoms with Crippen LogP contribution < -0.4 is 10.9 Å². The molecule has 2 aromatic heterocycles. The minimum Gasteiger partial charge on any atom is -0.384 e. The summed E-state index contributed by atoms with van der Waals surface area (Å²) in [4.78, 5) is 37.6. The molecule has 0 bridgehead atoms. The van der Waals surface area contributed by atoms with Crippen LogP contribution in [0.2, 0.25) is 0 Å². The normalized spacial score (nSPS) is 14.9. The van der Waals surface area contributed by atoms with Crippen LogP contribution in [0.3, 0.4) is 0 Å². The molecule has 8 heteroatoms. The molecule has 1 aliphatic heterocycles. The fraction of sp³-hybridized carbons (Fsp3) is 0.500. The van der Waals surface area contributed by atoms with Crippen molar-refractivity contribution in [2.45, 2.75) is 39.2 Å². The van der Waals surface area contributed by atoms with E-state index < -0.39 is 0 Å². The van der Waals surface area contributed by atoms with Gasteiger partial charge in [0.25, 0.3) is 5.56 Å². The van der Waals surface area contributed by atoms with Crippen molar-refractivity contribution in [2.75, 3.05) is 32.1 Å². The number of amides is 1. The van der Waals surface area contributed by atoms with Crippen LogP contribution in [-0.4, -0.2) is 58.6 Å². The number of aromatic nitrogens is 3.